The van der Waals surface area contributed by atoms with E-state index in [1.807, 2.05) is 0 Å². The monoisotopic (exact) mass is 405 g/mol. The molecule has 2 heterocycles. The van der Waals surface area contributed by atoms with Crippen molar-refractivity contribution in [3.63, 3.8) is 0 Å². The van der Waals surface area contributed by atoms with Gasteiger partial charge < -0.3 is 10.0 Å². The van der Waals surface area contributed by atoms with Crippen LogP contribution in [0.2, 0.25) is 0 Å². The third-order valence-electron chi connectivity index (χ3n) is 5.07. The molecule has 0 bridgehead atoms. The molecule has 1 aliphatic rings. The highest BCUT2D eigenvalue weighted by molar-refractivity contribution is 6.07. The van der Waals surface area contributed by atoms with Crippen LogP contribution in [0.1, 0.15) is 16.8 Å². The van der Waals surface area contributed by atoms with Crippen molar-refractivity contribution in [2.24, 2.45) is 0 Å². The number of benzene rings is 2. The molecule has 0 radical (unpaired) electrons. The molecule has 0 saturated heterocycles. The van der Waals surface area contributed by atoms with Crippen LogP contribution in [-0.4, -0.2) is 27.4 Å². The number of halogens is 4. The first-order valence-corrected chi connectivity index (χ1v) is 8.64. The highest BCUT2D eigenvalue weighted by Gasteiger charge is 2.66. The highest BCUT2D eigenvalue weighted by Crippen LogP contribution is 2.49. The van der Waals surface area contributed by atoms with E-state index in [1.54, 1.807) is 19.2 Å². The van der Waals surface area contributed by atoms with Crippen LogP contribution in [0, 0.1) is 12.7 Å². The standard InChI is InChI=1S/C20H15F4N3O2/c1-11-14(9-25-26-11)12-6-7-13(16(21)8-12)10-27-17-5-3-2-4-15(17)19(29,18(27)28)20(22,23)24/h2-9,29H,10H2,1H3,(H,25,26). The molecule has 1 amide bonds. The maximum absolute atomic E-state index is 14.7. The van der Waals surface area contributed by atoms with Crippen LogP contribution < -0.4 is 4.90 Å². The lowest BCUT2D eigenvalue weighted by Crippen LogP contribution is -2.50. The van der Waals surface area contributed by atoms with Crippen molar-refractivity contribution in [3.05, 3.63) is 71.3 Å². The second-order valence-electron chi connectivity index (χ2n) is 6.81. The maximum Gasteiger partial charge on any atom is 0.430 e. The Balaban J connectivity index is 1.72. The number of hydrogen-bond donors (Lipinski definition) is 2. The minimum absolute atomic E-state index is 0.0180. The highest BCUT2D eigenvalue weighted by atomic mass is 19.4. The summed E-state index contributed by atoms with van der Waals surface area (Å²) in [6.07, 6.45) is -3.61. The topological polar surface area (TPSA) is 69.2 Å². The number of aromatic amines is 1. The van der Waals surface area contributed by atoms with Gasteiger partial charge in [-0.25, -0.2) is 4.39 Å². The van der Waals surface area contributed by atoms with Gasteiger partial charge in [0.15, 0.2) is 0 Å². The largest absolute Gasteiger partial charge is 0.430 e. The second kappa shape index (κ2) is 6.41. The van der Waals surface area contributed by atoms with Gasteiger partial charge in [0, 0.05) is 22.9 Å². The van der Waals surface area contributed by atoms with Crippen molar-refractivity contribution >= 4 is 11.6 Å². The zero-order chi connectivity index (χ0) is 21.0. The molecule has 1 aliphatic heterocycles. The van der Waals surface area contributed by atoms with Crippen molar-refractivity contribution < 1.29 is 27.5 Å². The number of alkyl halides is 3. The van der Waals surface area contributed by atoms with E-state index in [4.69, 9.17) is 0 Å². The zero-order valence-corrected chi connectivity index (χ0v) is 15.1. The summed E-state index contributed by atoms with van der Waals surface area (Å²) in [5, 5.41) is 16.9. The Labute approximate surface area is 162 Å². The Morgan fingerprint density at radius 2 is 1.93 bits per heavy atom. The van der Waals surface area contributed by atoms with E-state index < -0.39 is 35.6 Å². The van der Waals surface area contributed by atoms with Gasteiger partial charge in [-0.05, 0) is 24.6 Å². The lowest BCUT2D eigenvalue weighted by molar-refractivity contribution is -0.253. The molecule has 0 fully saturated rings. The lowest BCUT2D eigenvalue weighted by atomic mass is 9.95. The predicted molar refractivity (Wildman–Crippen MR) is 96.3 cm³/mol. The molecule has 0 saturated carbocycles. The molecule has 4 rings (SSSR count). The van der Waals surface area contributed by atoms with Crippen LogP contribution in [0.4, 0.5) is 23.2 Å². The summed E-state index contributed by atoms with van der Waals surface area (Å²) in [6, 6.07) is 9.31. The number of rotatable bonds is 3. The first kappa shape index (κ1) is 19.1. The van der Waals surface area contributed by atoms with Gasteiger partial charge in [0.2, 0.25) is 0 Å². The number of amides is 1. The van der Waals surface area contributed by atoms with E-state index in [2.05, 4.69) is 10.2 Å². The third kappa shape index (κ3) is 2.80. The summed E-state index contributed by atoms with van der Waals surface area (Å²) in [6.45, 7) is 1.29. The van der Waals surface area contributed by atoms with Gasteiger partial charge in [-0.3, -0.25) is 9.89 Å². The molecule has 0 aliphatic carbocycles. The molecule has 150 valence electrons. The van der Waals surface area contributed by atoms with Crippen LogP contribution in [0.25, 0.3) is 11.1 Å². The van der Waals surface area contributed by atoms with Crippen molar-refractivity contribution in [2.45, 2.75) is 25.2 Å². The van der Waals surface area contributed by atoms with Crippen LogP contribution in [0.3, 0.4) is 0 Å². The van der Waals surface area contributed by atoms with Crippen molar-refractivity contribution in [2.75, 3.05) is 4.90 Å². The van der Waals surface area contributed by atoms with Crippen LogP contribution in [-0.2, 0) is 16.9 Å². The molecule has 2 aromatic carbocycles. The van der Waals surface area contributed by atoms with Gasteiger partial charge in [0.25, 0.3) is 11.5 Å². The van der Waals surface area contributed by atoms with E-state index in [1.165, 1.54) is 30.3 Å². The number of nitrogens with zero attached hydrogens (tertiary/aromatic N) is 2. The average Bonchev–Trinajstić information content (AvgIpc) is 3.19. The molecular weight excluding hydrogens is 390 g/mol. The number of carbonyl (C=O) groups is 1. The number of carbonyl (C=O) groups excluding carboxylic acids is 1. The Kier molecular flexibility index (Phi) is 4.23. The molecule has 0 spiro atoms. The molecule has 1 aromatic heterocycles. The van der Waals surface area contributed by atoms with Gasteiger partial charge in [-0.15, -0.1) is 0 Å². The number of hydrogen-bond acceptors (Lipinski definition) is 3. The molecule has 3 aromatic rings. The molecule has 5 nitrogen and oxygen atoms in total. The summed E-state index contributed by atoms with van der Waals surface area (Å²) < 4.78 is 55.3. The summed E-state index contributed by atoms with van der Waals surface area (Å²) in [5.74, 6) is -2.24. The predicted octanol–water partition coefficient (Wildman–Crippen LogP) is 3.82. The fourth-order valence-corrected chi connectivity index (χ4v) is 3.53. The Hall–Kier alpha value is -3.20. The minimum Gasteiger partial charge on any atom is -0.368 e. The van der Waals surface area contributed by atoms with Gasteiger partial charge in [0.1, 0.15) is 5.82 Å². The van der Waals surface area contributed by atoms with Gasteiger partial charge >= 0.3 is 6.18 Å². The van der Waals surface area contributed by atoms with Gasteiger partial charge in [-0.1, -0.05) is 30.3 Å². The van der Waals surface area contributed by atoms with Crippen molar-refractivity contribution in [3.8, 4) is 11.1 Å². The van der Waals surface area contributed by atoms with Crippen LogP contribution >= 0.6 is 0 Å². The quantitative estimate of drug-likeness (QED) is 0.651. The number of aryl methyl sites for hydroxylation is 1. The summed E-state index contributed by atoms with van der Waals surface area (Å²) >= 11 is 0. The Morgan fingerprint density at radius 3 is 2.55 bits per heavy atom. The third-order valence-corrected chi connectivity index (χ3v) is 5.07. The van der Waals surface area contributed by atoms with Crippen LogP contribution in [0.15, 0.2) is 48.7 Å². The van der Waals surface area contributed by atoms with Gasteiger partial charge in [0.05, 0.1) is 17.9 Å². The first-order valence-electron chi connectivity index (χ1n) is 8.64. The number of nitrogens with one attached hydrogen (secondary N) is 1. The fraction of sp³-hybridized carbons (Fsp3) is 0.200. The Morgan fingerprint density at radius 1 is 1.21 bits per heavy atom. The van der Waals surface area contributed by atoms with E-state index >= 15 is 0 Å². The molecule has 29 heavy (non-hydrogen) atoms. The number of aromatic nitrogens is 2. The fourth-order valence-electron chi connectivity index (χ4n) is 3.53. The normalized spacial score (nSPS) is 19.0. The summed E-state index contributed by atoms with van der Waals surface area (Å²) in [4.78, 5) is 13.3. The van der Waals surface area contributed by atoms with E-state index in [0.717, 1.165) is 11.0 Å². The van der Waals surface area contributed by atoms with E-state index in [9.17, 15) is 27.5 Å². The number of para-hydroxylation sites is 1. The van der Waals surface area contributed by atoms with Gasteiger partial charge in [-0.2, -0.15) is 18.3 Å². The summed E-state index contributed by atoms with van der Waals surface area (Å²) in [5.41, 5.74) is -2.43. The maximum atomic E-state index is 14.7. The Bertz CT molecular complexity index is 1110. The van der Waals surface area contributed by atoms with Crippen LogP contribution in [0.5, 0.6) is 0 Å². The number of fused-ring (bicyclic) bond motifs is 1. The zero-order valence-electron chi connectivity index (χ0n) is 15.1. The first-order chi connectivity index (χ1) is 13.6. The summed E-state index contributed by atoms with van der Waals surface area (Å²) in [7, 11) is 0. The average molecular weight is 405 g/mol. The number of aliphatic hydroxyl groups is 1. The number of anilines is 1. The molecule has 9 heteroatoms. The van der Waals surface area contributed by atoms with E-state index in [0.29, 0.717) is 16.8 Å². The second-order valence-corrected chi connectivity index (χ2v) is 6.81. The van der Waals surface area contributed by atoms with Crippen molar-refractivity contribution in [1.82, 2.24) is 10.2 Å². The smallest absolute Gasteiger partial charge is 0.368 e. The molecule has 1 unspecified atom stereocenters. The van der Waals surface area contributed by atoms with E-state index in [-0.39, 0.29) is 11.3 Å². The SMILES string of the molecule is Cc1n[nH]cc1-c1ccc(CN2C(=O)C(O)(C(F)(F)F)c3ccccc32)c(F)c1. The number of H-pyrrole nitrogens is 1. The lowest BCUT2D eigenvalue weighted by Gasteiger charge is -2.25. The van der Waals surface area contributed by atoms with Crippen molar-refractivity contribution in [1.29, 1.82) is 0 Å². The minimum atomic E-state index is -5.21. The molecular formula is C20H15F4N3O2. The molecule has 2 N–H and O–H groups in total. The molecule has 1 atom stereocenters.